The lowest BCUT2D eigenvalue weighted by atomic mass is 9.78. The second kappa shape index (κ2) is 9.51. The SMILES string of the molecule is COc1cc(CCC(=O)N2CCC3(CCNC3)CC2)cc(OC)c1OC.Cl. The fraction of sp³-hybridized carbons (Fsp3) is 0.650. The molecular weight excluding hydrogens is 368 g/mol. The molecule has 0 aromatic heterocycles. The number of halogens is 1. The number of nitrogens with zero attached hydrogens (tertiary/aromatic N) is 1. The zero-order valence-corrected chi connectivity index (χ0v) is 17.3. The Hall–Kier alpha value is -1.66. The van der Waals surface area contributed by atoms with Crippen LogP contribution in [0.5, 0.6) is 17.2 Å². The molecule has 27 heavy (non-hydrogen) atoms. The zero-order valence-electron chi connectivity index (χ0n) is 16.5. The van der Waals surface area contributed by atoms with E-state index in [0.29, 0.717) is 35.5 Å². The summed E-state index contributed by atoms with van der Waals surface area (Å²) in [6.07, 6.45) is 4.66. The highest BCUT2D eigenvalue weighted by Crippen LogP contribution is 2.39. The summed E-state index contributed by atoms with van der Waals surface area (Å²) in [6.45, 7) is 4.00. The van der Waals surface area contributed by atoms with Crippen molar-refractivity contribution in [1.82, 2.24) is 10.2 Å². The summed E-state index contributed by atoms with van der Waals surface area (Å²) in [4.78, 5) is 14.7. The number of carbonyl (C=O) groups excluding carboxylic acids is 1. The number of carbonyl (C=O) groups is 1. The molecule has 7 heteroatoms. The largest absolute Gasteiger partial charge is 0.493 e. The smallest absolute Gasteiger partial charge is 0.222 e. The maximum absolute atomic E-state index is 12.6. The molecule has 2 heterocycles. The van der Waals surface area contributed by atoms with E-state index in [1.165, 1.54) is 6.42 Å². The molecule has 1 spiro atoms. The fourth-order valence-electron chi connectivity index (χ4n) is 4.14. The first-order valence-electron chi connectivity index (χ1n) is 9.38. The summed E-state index contributed by atoms with van der Waals surface area (Å²) in [5.41, 5.74) is 1.45. The highest BCUT2D eigenvalue weighted by Gasteiger charge is 2.37. The monoisotopic (exact) mass is 398 g/mol. The van der Waals surface area contributed by atoms with Gasteiger partial charge in [-0.25, -0.2) is 0 Å². The summed E-state index contributed by atoms with van der Waals surface area (Å²) >= 11 is 0. The van der Waals surface area contributed by atoms with Crippen molar-refractivity contribution in [2.45, 2.75) is 32.1 Å². The Balaban J connectivity index is 0.00000261. The number of likely N-dealkylation sites (tertiary alicyclic amines) is 1. The van der Waals surface area contributed by atoms with Crippen LogP contribution in [0.4, 0.5) is 0 Å². The third-order valence-corrected chi connectivity index (χ3v) is 5.86. The van der Waals surface area contributed by atoms with Crippen LogP contribution in [0.25, 0.3) is 0 Å². The number of benzene rings is 1. The molecule has 152 valence electrons. The van der Waals surface area contributed by atoms with Gasteiger partial charge in [0.05, 0.1) is 21.3 Å². The summed E-state index contributed by atoms with van der Waals surface area (Å²) in [6, 6.07) is 3.84. The van der Waals surface area contributed by atoms with Crippen LogP contribution in [-0.4, -0.2) is 58.3 Å². The Morgan fingerprint density at radius 2 is 1.70 bits per heavy atom. The number of aryl methyl sites for hydroxylation is 1. The van der Waals surface area contributed by atoms with E-state index in [-0.39, 0.29) is 18.3 Å². The first-order chi connectivity index (χ1) is 12.6. The molecular formula is C20H31ClN2O4. The number of ether oxygens (including phenoxy) is 3. The van der Waals surface area contributed by atoms with Gasteiger partial charge in [0.2, 0.25) is 11.7 Å². The van der Waals surface area contributed by atoms with Crippen LogP contribution in [0.2, 0.25) is 0 Å². The minimum atomic E-state index is 0. The van der Waals surface area contributed by atoms with Crippen molar-refractivity contribution in [3.8, 4) is 17.2 Å². The van der Waals surface area contributed by atoms with Crippen molar-refractivity contribution in [3.05, 3.63) is 17.7 Å². The summed E-state index contributed by atoms with van der Waals surface area (Å²) in [7, 11) is 4.80. The third kappa shape index (κ3) is 4.79. The number of nitrogens with one attached hydrogen (secondary N) is 1. The van der Waals surface area contributed by atoms with E-state index in [9.17, 15) is 4.79 Å². The average Bonchev–Trinajstić information content (AvgIpc) is 3.13. The van der Waals surface area contributed by atoms with Crippen molar-refractivity contribution in [2.75, 3.05) is 47.5 Å². The molecule has 0 saturated carbocycles. The Kier molecular flexibility index (Phi) is 7.62. The summed E-state index contributed by atoms with van der Waals surface area (Å²) in [5, 5.41) is 3.47. The molecule has 0 bridgehead atoms. The minimum absolute atomic E-state index is 0. The zero-order chi connectivity index (χ0) is 18.6. The van der Waals surface area contributed by atoms with Gasteiger partial charge >= 0.3 is 0 Å². The third-order valence-electron chi connectivity index (χ3n) is 5.86. The molecule has 1 N–H and O–H groups in total. The van der Waals surface area contributed by atoms with Crippen LogP contribution < -0.4 is 19.5 Å². The molecule has 3 rings (SSSR count). The number of hydrogen-bond donors (Lipinski definition) is 1. The number of piperidine rings is 1. The molecule has 1 amide bonds. The highest BCUT2D eigenvalue weighted by molar-refractivity contribution is 5.85. The first kappa shape index (κ1) is 21.6. The normalized spacial score (nSPS) is 18.1. The van der Waals surface area contributed by atoms with Crippen LogP contribution in [0, 0.1) is 5.41 Å². The Morgan fingerprint density at radius 3 is 2.19 bits per heavy atom. The van der Waals surface area contributed by atoms with Crippen LogP contribution in [-0.2, 0) is 11.2 Å². The van der Waals surface area contributed by atoms with E-state index >= 15 is 0 Å². The van der Waals surface area contributed by atoms with E-state index in [4.69, 9.17) is 14.2 Å². The number of methoxy groups -OCH3 is 3. The Labute approximate surface area is 167 Å². The predicted octanol–water partition coefficient (Wildman–Crippen LogP) is 2.67. The minimum Gasteiger partial charge on any atom is -0.493 e. The van der Waals surface area contributed by atoms with Gasteiger partial charge in [-0.15, -0.1) is 12.4 Å². The number of amides is 1. The van der Waals surface area contributed by atoms with E-state index in [0.717, 1.165) is 44.6 Å². The van der Waals surface area contributed by atoms with Gasteiger partial charge < -0.3 is 24.4 Å². The molecule has 2 aliphatic rings. The molecule has 1 aromatic rings. The van der Waals surface area contributed by atoms with Crippen molar-refractivity contribution >= 4 is 18.3 Å². The summed E-state index contributed by atoms with van der Waals surface area (Å²) in [5.74, 6) is 2.07. The van der Waals surface area contributed by atoms with Gasteiger partial charge in [0.25, 0.3) is 0 Å². The van der Waals surface area contributed by atoms with Gasteiger partial charge in [-0.1, -0.05) is 0 Å². The molecule has 0 radical (unpaired) electrons. The van der Waals surface area contributed by atoms with Gasteiger partial charge in [0, 0.05) is 26.1 Å². The van der Waals surface area contributed by atoms with Gasteiger partial charge in [-0.2, -0.15) is 0 Å². The van der Waals surface area contributed by atoms with Crippen molar-refractivity contribution < 1.29 is 19.0 Å². The maximum Gasteiger partial charge on any atom is 0.222 e. The predicted molar refractivity (Wildman–Crippen MR) is 107 cm³/mol. The topological polar surface area (TPSA) is 60.0 Å². The highest BCUT2D eigenvalue weighted by atomic mass is 35.5. The van der Waals surface area contributed by atoms with Crippen molar-refractivity contribution in [1.29, 1.82) is 0 Å². The van der Waals surface area contributed by atoms with Gasteiger partial charge in [-0.3, -0.25) is 4.79 Å². The van der Waals surface area contributed by atoms with Crippen LogP contribution in [0.3, 0.4) is 0 Å². The second-order valence-electron chi connectivity index (χ2n) is 7.34. The molecule has 6 nitrogen and oxygen atoms in total. The van der Waals surface area contributed by atoms with E-state index < -0.39 is 0 Å². The standard InChI is InChI=1S/C20H30N2O4.ClH/c1-24-16-12-15(13-17(25-2)19(16)26-3)4-5-18(23)22-10-7-20(8-11-22)6-9-21-14-20;/h12-13,21H,4-11,14H2,1-3H3;1H. The lowest BCUT2D eigenvalue weighted by Crippen LogP contribution is -2.44. The van der Waals surface area contributed by atoms with Crippen molar-refractivity contribution in [2.24, 2.45) is 5.41 Å². The quantitative estimate of drug-likeness (QED) is 0.798. The summed E-state index contributed by atoms with van der Waals surface area (Å²) < 4.78 is 16.1. The number of hydrogen-bond acceptors (Lipinski definition) is 5. The van der Waals surface area contributed by atoms with Gasteiger partial charge in [-0.05, 0) is 55.3 Å². The lowest BCUT2D eigenvalue weighted by molar-refractivity contribution is -0.133. The van der Waals surface area contributed by atoms with E-state index in [1.807, 2.05) is 17.0 Å². The number of rotatable bonds is 6. The molecule has 2 saturated heterocycles. The van der Waals surface area contributed by atoms with Crippen LogP contribution in [0.15, 0.2) is 12.1 Å². The van der Waals surface area contributed by atoms with E-state index in [1.54, 1.807) is 21.3 Å². The maximum atomic E-state index is 12.6. The van der Waals surface area contributed by atoms with Gasteiger partial charge in [0.1, 0.15) is 0 Å². The lowest BCUT2D eigenvalue weighted by Gasteiger charge is -2.39. The van der Waals surface area contributed by atoms with Crippen LogP contribution >= 0.6 is 12.4 Å². The molecule has 2 aliphatic heterocycles. The average molecular weight is 399 g/mol. The molecule has 2 fully saturated rings. The van der Waals surface area contributed by atoms with Gasteiger partial charge in [0.15, 0.2) is 11.5 Å². The fourth-order valence-corrected chi connectivity index (χ4v) is 4.14. The Bertz CT molecular complexity index is 612. The van der Waals surface area contributed by atoms with Crippen LogP contribution in [0.1, 0.15) is 31.2 Å². The molecule has 0 unspecified atom stereocenters. The molecule has 1 aromatic carbocycles. The first-order valence-corrected chi connectivity index (χ1v) is 9.38. The molecule has 0 aliphatic carbocycles. The second-order valence-corrected chi connectivity index (χ2v) is 7.34. The Morgan fingerprint density at radius 1 is 1.07 bits per heavy atom. The molecule has 0 atom stereocenters. The van der Waals surface area contributed by atoms with Crippen molar-refractivity contribution in [3.63, 3.8) is 0 Å². The van der Waals surface area contributed by atoms with E-state index in [2.05, 4.69) is 5.32 Å².